The average molecular weight is 489 g/mol. The minimum Gasteiger partial charge on any atom is -0.357 e. The molecule has 6 aromatic heterocycles. The van der Waals surface area contributed by atoms with Crippen LogP contribution in [-0.4, -0.2) is 65.6 Å². The van der Waals surface area contributed by atoms with Gasteiger partial charge in [0.2, 0.25) is 0 Å². The Morgan fingerprint density at radius 2 is 1.78 bits per heavy atom. The van der Waals surface area contributed by atoms with E-state index in [0.717, 1.165) is 62.2 Å². The highest BCUT2D eigenvalue weighted by molar-refractivity contribution is 5.97. The molecular weight excluding hydrogens is 464 g/mol. The third kappa shape index (κ3) is 4.41. The molecule has 0 unspecified atom stereocenters. The van der Waals surface area contributed by atoms with Crippen molar-refractivity contribution in [3.63, 3.8) is 0 Å². The normalized spacial score (nSPS) is 11.4. The van der Waals surface area contributed by atoms with E-state index in [1.807, 2.05) is 44.6 Å². The summed E-state index contributed by atoms with van der Waals surface area (Å²) in [6.07, 6.45) is 12.4. The minimum atomic E-state index is 0.648. The van der Waals surface area contributed by atoms with Crippen molar-refractivity contribution in [3.8, 4) is 33.9 Å². The number of aromatic amines is 2. The van der Waals surface area contributed by atoms with Gasteiger partial charge in [-0.05, 0) is 43.9 Å². The zero-order valence-corrected chi connectivity index (χ0v) is 20.4. The van der Waals surface area contributed by atoms with Crippen LogP contribution in [0.15, 0.2) is 79.9 Å². The van der Waals surface area contributed by atoms with Gasteiger partial charge in [-0.25, -0.2) is 4.98 Å². The number of imidazole rings is 1. The van der Waals surface area contributed by atoms with Gasteiger partial charge in [-0.3, -0.25) is 25.0 Å². The van der Waals surface area contributed by atoms with Crippen molar-refractivity contribution in [1.82, 2.24) is 45.0 Å². The molecule has 182 valence electrons. The molecule has 0 amide bonds. The number of aromatic nitrogens is 8. The molecule has 0 aromatic carbocycles. The van der Waals surface area contributed by atoms with E-state index in [1.54, 1.807) is 37.2 Å². The molecule has 0 bridgehead atoms. The van der Waals surface area contributed by atoms with E-state index in [9.17, 15) is 0 Å². The summed E-state index contributed by atoms with van der Waals surface area (Å²) in [5, 5.41) is 11.8. The molecule has 0 saturated carbocycles. The SMILES string of the molecule is C=C(CN(C)C)Nc1cncc(-c2cc3c(-c4nc5c(-c6ccncc6)cncc5[nH]4)n[nH]c3cn2)c1. The van der Waals surface area contributed by atoms with Crippen molar-refractivity contribution in [1.29, 1.82) is 0 Å². The van der Waals surface area contributed by atoms with E-state index < -0.39 is 0 Å². The topological polar surface area (TPSA) is 124 Å². The summed E-state index contributed by atoms with van der Waals surface area (Å²) in [6.45, 7) is 4.81. The molecule has 10 nitrogen and oxygen atoms in total. The van der Waals surface area contributed by atoms with Crippen molar-refractivity contribution in [2.45, 2.75) is 0 Å². The molecule has 0 aliphatic heterocycles. The fourth-order valence-electron chi connectivity index (χ4n) is 4.32. The van der Waals surface area contributed by atoms with Crippen LogP contribution < -0.4 is 5.32 Å². The molecule has 0 spiro atoms. The molecule has 0 radical (unpaired) electrons. The van der Waals surface area contributed by atoms with Gasteiger partial charge in [0.1, 0.15) is 5.69 Å². The minimum absolute atomic E-state index is 0.648. The first-order valence-electron chi connectivity index (χ1n) is 11.7. The number of pyridine rings is 4. The number of rotatable bonds is 7. The maximum atomic E-state index is 4.90. The van der Waals surface area contributed by atoms with Crippen LogP contribution in [0.5, 0.6) is 0 Å². The Morgan fingerprint density at radius 1 is 0.946 bits per heavy atom. The fourth-order valence-corrected chi connectivity index (χ4v) is 4.32. The Balaban J connectivity index is 1.38. The molecule has 6 heterocycles. The van der Waals surface area contributed by atoms with Crippen LogP contribution in [-0.2, 0) is 0 Å². The number of nitrogens with one attached hydrogen (secondary N) is 3. The number of hydrogen-bond donors (Lipinski definition) is 3. The van der Waals surface area contributed by atoms with Gasteiger partial charge in [-0.1, -0.05) is 6.58 Å². The zero-order valence-electron chi connectivity index (χ0n) is 20.4. The van der Waals surface area contributed by atoms with Gasteiger partial charge < -0.3 is 15.2 Å². The van der Waals surface area contributed by atoms with Gasteiger partial charge in [0, 0.05) is 53.5 Å². The van der Waals surface area contributed by atoms with E-state index in [2.05, 4.69) is 51.9 Å². The van der Waals surface area contributed by atoms with E-state index in [-0.39, 0.29) is 0 Å². The number of H-pyrrole nitrogens is 2. The van der Waals surface area contributed by atoms with E-state index in [0.29, 0.717) is 11.5 Å². The van der Waals surface area contributed by atoms with Crippen LogP contribution in [0, 0.1) is 0 Å². The van der Waals surface area contributed by atoms with E-state index >= 15 is 0 Å². The van der Waals surface area contributed by atoms with Crippen LogP contribution in [0.3, 0.4) is 0 Å². The Hall–Kier alpha value is -4.96. The first kappa shape index (κ1) is 22.5. The number of likely N-dealkylation sites (N-methyl/N-ethyl adjacent to an activating group) is 1. The standard InChI is InChI=1S/C27H24N10/c1-16(15-37(2)3)32-19-8-18(10-29-11-19)22-9-20-23(14-31-22)35-36-26(20)27-33-24-13-30-12-21(25(24)34-27)17-4-6-28-7-5-17/h4-14,32H,1,15H2,2-3H3,(H,33,34)(H,35,36). The maximum absolute atomic E-state index is 4.90. The second-order valence-electron chi connectivity index (χ2n) is 9.02. The van der Waals surface area contributed by atoms with Gasteiger partial charge >= 0.3 is 0 Å². The predicted octanol–water partition coefficient (Wildman–Crippen LogP) is 4.51. The summed E-state index contributed by atoms with van der Waals surface area (Å²) >= 11 is 0. The van der Waals surface area contributed by atoms with Crippen LogP contribution in [0.4, 0.5) is 5.69 Å². The van der Waals surface area contributed by atoms with E-state index in [4.69, 9.17) is 4.98 Å². The highest BCUT2D eigenvalue weighted by Crippen LogP contribution is 2.32. The van der Waals surface area contributed by atoms with Crippen LogP contribution in [0.1, 0.15) is 0 Å². The smallest absolute Gasteiger partial charge is 0.159 e. The highest BCUT2D eigenvalue weighted by Gasteiger charge is 2.17. The third-order valence-electron chi connectivity index (χ3n) is 5.92. The summed E-state index contributed by atoms with van der Waals surface area (Å²) in [4.78, 5) is 27.9. The molecule has 10 heteroatoms. The summed E-state index contributed by atoms with van der Waals surface area (Å²) in [6, 6.07) is 7.90. The molecule has 0 aliphatic carbocycles. The average Bonchev–Trinajstić information content (AvgIpc) is 3.52. The van der Waals surface area contributed by atoms with Crippen molar-refractivity contribution in [2.24, 2.45) is 0 Å². The molecular formula is C27H24N10. The lowest BCUT2D eigenvalue weighted by atomic mass is 10.1. The number of anilines is 1. The summed E-state index contributed by atoms with van der Waals surface area (Å²) in [7, 11) is 4.00. The summed E-state index contributed by atoms with van der Waals surface area (Å²) in [5.74, 6) is 0.648. The lowest BCUT2D eigenvalue weighted by Gasteiger charge is -2.14. The van der Waals surface area contributed by atoms with Crippen molar-refractivity contribution >= 4 is 27.6 Å². The Labute approximate surface area is 212 Å². The molecule has 6 rings (SSSR count). The highest BCUT2D eigenvalue weighted by atomic mass is 15.1. The van der Waals surface area contributed by atoms with Gasteiger partial charge in [-0.2, -0.15) is 5.10 Å². The molecule has 0 aliphatic rings. The summed E-state index contributed by atoms with van der Waals surface area (Å²) in [5.41, 5.74) is 8.49. The lowest BCUT2D eigenvalue weighted by molar-refractivity contribution is 0.447. The third-order valence-corrected chi connectivity index (χ3v) is 5.92. The van der Waals surface area contributed by atoms with Gasteiger partial charge in [0.15, 0.2) is 5.82 Å². The Bertz CT molecular complexity index is 1730. The van der Waals surface area contributed by atoms with Crippen molar-refractivity contribution in [3.05, 3.63) is 79.9 Å². The van der Waals surface area contributed by atoms with Crippen LogP contribution >= 0.6 is 0 Å². The molecule has 0 atom stereocenters. The van der Waals surface area contributed by atoms with Gasteiger partial charge in [-0.15, -0.1) is 0 Å². The molecule has 0 fully saturated rings. The maximum Gasteiger partial charge on any atom is 0.159 e. The monoisotopic (exact) mass is 488 g/mol. The quantitative estimate of drug-likeness (QED) is 0.300. The largest absolute Gasteiger partial charge is 0.357 e. The number of hydrogen-bond acceptors (Lipinski definition) is 8. The van der Waals surface area contributed by atoms with Crippen LogP contribution in [0.25, 0.3) is 55.8 Å². The van der Waals surface area contributed by atoms with Crippen LogP contribution in [0.2, 0.25) is 0 Å². The molecule has 3 N–H and O–H groups in total. The fraction of sp³-hybridized carbons (Fsp3) is 0.111. The van der Waals surface area contributed by atoms with Gasteiger partial charge in [0.05, 0.1) is 46.5 Å². The van der Waals surface area contributed by atoms with Gasteiger partial charge in [0.25, 0.3) is 0 Å². The molecule has 6 aromatic rings. The summed E-state index contributed by atoms with van der Waals surface area (Å²) < 4.78 is 0. The molecule has 0 saturated heterocycles. The van der Waals surface area contributed by atoms with Crippen molar-refractivity contribution in [2.75, 3.05) is 26.0 Å². The Morgan fingerprint density at radius 3 is 2.62 bits per heavy atom. The second-order valence-corrected chi connectivity index (χ2v) is 9.02. The lowest BCUT2D eigenvalue weighted by Crippen LogP contribution is -2.18. The first-order valence-corrected chi connectivity index (χ1v) is 11.7. The Kier molecular flexibility index (Phi) is 5.62. The number of nitrogens with zero attached hydrogens (tertiary/aromatic N) is 7. The van der Waals surface area contributed by atoms with E-state index in [1.165, 1.54) is 0 Å². The second kappa shape index (κ2) is 9.25. The zero-order chi connectivity index (χ0) is 25.4. The van der Waals surface area contributed by atoms with Crippen molar-refractivity contribution < 1.29 is 0 Å². The predicted molar refractivity (Wildman–Crippen MR) is 145 cm³/mol. The number of fused-ring (bicyclic) bond motifs is 2. The molecule has 37 heavy (non-hydrogen) atoms. The first-order chi connectivity index (χ1) is 18.0.